The highest BCUT2D eigenvalue weighted by molar-refractivity contribution is 6.30. The summed E-state index contributed by atoms with van der Waals surface area (Å²) in [6, 6.07) is 4.34. The third-order valence-electron chi connectivity index (χ3n) is 2.42. The van der Waals surface area contributed by atoms with Crippen molar-refractivity contribution < 1.29 is 0 Å². The van der Waals surface area contributed by atoms with E-state index in [1.165, 1.54) is 12.8 Å². The Morgan fingerprint density at radius 1 is 1.57 bits per heavy atom. The molecule has 0 amide bonds. The molecule has 0 spiro atoms. The molecule has 1 aliphatic rings. The maximum atomic E-state index is 5.74. The Morgan fingerprint density at radius 3 is 3.14 bits per heavy atom. The summed E-state index contributed by atoms with van der Waals surface area (Å²) in [5.74, 6) is 0.892. The van der Waals surface area contributed by atoms with Gasteiger partial charge in [0.1, 0.15) is 5.82 Å². The van der Waals surface area contributed by atoms with Gasteiger partial charge in [-0.1, -0.05) is 11.6 Å². The number of halogens is 1. The van der Waals surface area contributed by atoms with Gasteiger partial charge in [-0.05, 0) is 31.5 Å². The molecule has 0 aliphatic carbocycles. The number of anilines is 1. The first-order valence-corrected chi connectivity index (χ1v) is 5.31. The lowest BCUT2D eigenvalue weighted by molar-refractivity contribution is 0.632. The van der Waals surface area contributed by atoms with E-state index in [0.29, 0.717) is 11.1 Å². The summed E-state index contributed by atoms with van der Waals surface area (Å²) in [5.41, 5.74) is 0. The molecule has 0 bridgehead atoms. The lowest BCUT2D eigenvalue weighted by Gasteiger charge is -2.11. The fourth-order valence-electron chi connectivity index (χ4n) is 1.64. The fraction of sp³-hybridized carbons (Fsp3) is 0.500. The molecule has 0 saturated carbocycles. The van der Waals surface area contributed by atoms with Gasteiger partial charge in [-0.25, -0.2) is 4.98 Å². The summed E-state index contributed by atoms with van der Waals surface area (Å²) < 4.78 is 0. The molecule has 76 valence electrons. The molecule has 1 aliphatic heterocycles. The van der Waals surface area contributed by atoms with E-state index in [1.807, 2.05) is 12.1 Å². The molecule has 1 saturated heterocycles. The van der Waals surface area contributed by atoms with Gasteiger partial charge in [0.25, 0.3) is 0 Å². The van der Waals surface area contributed by atoms with Crippen LogP contribution in [0.25, 0.3) is 0 Å². The van der Waals surface area contributed by atoms with Crippen LogP contribution in [0.3, 0.4) is 0 Å². The van der Waals surface area contributed by atoms with Crippen LogP contribution in [0.1, 0.15) is 12.8 Å². The molecule has 1 aromatic rings. The van der Waals surface area contributed by atoms with E-state index in [0.717, 1.165) is 18.9 Å². The molecule has 0 aromatic carbocycles. The van der Waals surface area contributed by atoms with Crippen molar-refractivity contribution in [2.45, 2.75) is 18.9 Å². The predicted molar refractivity (Wildman–Crippen MR) is 58.8 cm³/mol. The van der Waals surface area contributed by atoms with Crippen LogP contribution in [0, 0.1) is 0 Å². The summed E-state index contributed by atoms with van der Waals surface area (Å²) in [4.78, 5) is 4.17. The number of pyridine rings is 1. The molecule has 1 fully saturated rings. The van der Waals surface area contributed by atoms with Crippen molar-refractivity contribution in [3.8, 4) is 0 Å². The maximum absolute atomic E-state index is 5.74. The zero-order valence-electron chi connectivity index (χ0n) is 7.96. The Labute approximate surface area is 88.9 Å². The topological polar surface area (TPSA) is 37.0 Å². The minimum absolute atomic E-state index is 0.590. The second-order valence-electron chi connectivity index (χ2n) is 3.54. The minimum Gasteiger partial charge on any atom is -0.369 e. The quantitative estimate of drug-likeness (QED) is 0.802. The largest absolute Gasteiger partial charge is 0.369 e. The van der Waals surface area contributed by atoms with Crippen LogP contribution in [0.5, 0.6) is 0 Å². The lowest BCUT2D eigenvalue weighted by Crippen LogP contribution is -2.29. The Balaban J connectivity index is 1.82. The molecule has 14 heavy (non-hydrogen) atoms. The third kappa shape index (κ3) is 2.59. The monoisotopic (exact) mass is 211 g/mol. The van der Waals surface area contributed by atoms with Gasteiger partial charge in [-0.3, -0.25) is 0 Å². The van der Waals surface area contributed by atoms with Crippen molar-refractivity contribution in [2.24, 2.45) is 0 Å². The molecule has 1 aromatic heterocycles. The average Bonchev–Trinajstić information content (AvgIpc) is 2.70. The van der Waals surface area contributed by atoms with Gasteiger partial charge in [0.2, 0.25) is 0 Å². The van der Waals surface area contributed by atoms with Crippen molar-refractivity contribution in [3.63, 3.8) is 0 Å². The van der Waals surface area contributed by atoms with Crippen molar-refractivity contribution in [3.05, 3.63) is 23.4 Å². The SMILES string of the molecule is Clc1ccc(NCC2CCCN2)nc1. The summed E-state index contributed by atoms with van der Waals surface area (Å²) >= 11 is 5.74. The first-order chi connectivity index (χ1) is 6.84. The average molecular weight is 212 g/mol. The number of aromatic nitrogens is 1. The third-order valence-corrected chi connectivity index (χ3v) is 2.64. The molecular formula is C10H14ClN3. The molecule has 3 nitrogen and oxygen atoms in total. The van der Waals surface area contributed by atoms with Crippen LogP contribution in [0.15, 0.2) is 18.3 Å². The van der Waals surface area contributed by atoms with Crippen molar-refractivity contribution in [1.82, 2.24) is 10.3 Å². The molecule has 2 rings (SSSR count). The van der Waals surface area contributed by atoms with E-state index < -0.39 is 0 Å². The summed E-state index contributed by atoms with van der Waals surface area (Å²) in [6.07, 6.45) is 4.19. The fourth-order valence-corrected chi connectivity index (χ4v) is 1.75. The Bertz CT molecular complexity index is 280. The zero-order valence-corrected chi connectivity index (χ0v) is 8.72. The molecule has 4 heteroatoms. The van der Waals surface area contributed by atoms with Crippen LogP contribution >= 0.6 is 11.6 Å². The van der Waals surface area contributed by atoms with Crippen LogP contribution in [0.2, 0.25) is 5.02 Å². The van der Waals surface area contributed by atoms with Gasteiger partial charge in [0, 0.05) is 18.8 Å². The van der Waals surface area contributed by atoms with Gasteiger partial charge >= 0.3 is 0 Å². The smallest absolute Gasteiger partial charge is 0.126 e. The van der Waals surface area contributed by atoms with E-state index in [-0.39, 0.29) is 0 Å². The van der Waals surface area contributed by atoms with Crippen molar-refractivity contribution in [2.75, 3.05) is 18.4 Å². The number of hydrogen-bond acceptors (Lipinski definition) is 3. The summed E-state index contributed by atoms with van der Waals surface area (Å²) in [6.45, 7) is 2.08. The number of rotatable bonds is 3. The van der Waals surface area contributed by atoms with Crippen LogP contribution in [-0.2, 0) is 0 Å². The van der Waals surface area contributed by atoms with E-state index >= 15 is 0 Å². The zero-order chi connectivity index (χ0) is 9.80. The van der Waals surface area contributed by atoms with E-state index in [4.69, 9.17) is 11.6 Å². The first-order valence-electron chi connectivity index (χ1n) is 4.93. The van der Waals surface area contributed by atoms with Crippen LogP contribution < -0.4 is 10.6 Å². The molecule has 1 unspecified atom stereocenters. The van der Waals surface area contributed by atoms with Gasteiger partial charge in [-0.2, -0.15) is 0 Å². The number of nitrogens with one attached hydrogen (secondary N) is 2. The normalized spacial score (nSPS) is 21.1. The molecule has 2 N–H and O–H groups in total. The van der Waals surface area contributed by atoms with Gasteiger partial charge < -0.3 is 10.6 Å². The van der Waals surface area contributed by atoms with E-state index in [9.17, 15) is 0 Å². The minimum atomic E-state index is 0.590. The van der Waals surface area contributed by atoms with Crippen molar-refractivity contribution in [1.29, 1.82) is 0 Å². The molecule has 2 heterocycles. The summed E-state index contributed by atoms with van der Waals surface area (Å²) in [7, 11) is 0. The standard InChI is InChI=1S/C10H14ClN3/c11-8-3-4-10(13-6-8)14-7-9-2-1-5-12-9/h3-4,6,9,12H,1-2,5,7H2,(H,13,14). The Morgan fingerprint density at radius 2 is 2.50 bits per heavy atom. The van der Waals surface area contributed by atoms with Crippen LogP contribution in [0.4, 0.5) is 5.82 Å². The Hall–Kier alpha value is -0.800. The highest BCUT2D eigenvalue weighted by Gasteiger charge is 2.12. The van der Waals surface area contributed by atoms with Gasteiger partial charge in [0.15, 0.2) is 0 Å². The Kier molecular flexibility index (Phi) is 3.22. The number of nitrogens with zero attached hydrogens (tertiary/aromatic N) is 1. The molecule has 0 radical (unpaired) electrons. The summed E-state index contributed by atoms with van der Waals surface area (Å²) in [5, 5.41) is 7.38. The first kappa shape index (κ1) is 9.74. The van der Waals surface area contributed by atoms with E-state index in [1.54, 1.807) is 6.20 Å². The van der Waals surface area contributed by atoms with Crippen molar-refractivity contribution >= 4 is 17.4 Å². The molecule has 1 atom stereocenters. The maximum Gasteiger partial charge on any atom is 0.126 e. The molecular weight excluding hydrogens is 198 g/mol. The van der Waals surface area contributed by atoms with Gasteiger partial charge in [-0.15, -0.1) is 0 Å². The predicted octanol–water partition coefficient (Wildman–Crippen LogP) is 1.90. The second-order valence-corrected chi connectivity index (χ2v) is 3.97. The van der Waals surface area contributed by atoms with E-state index in [2.05, 4.69) is 15.6 Å². The van der Waals surface area contributed by atoms with Gasteiger partial charge in [0.05, 0.1) is 5.02 Å². The highest BCUT2D eigenvalue weighted by Crippen LogP contribution is 2.10. The highest BCUT2D eigenvalue weighted by atomic mass is 35.5. The van der Waals surface area contributed by atoms with Crippen LogP contribution in [-0.4, -0.2) is 24.1 Å². The lowest BCUT2D eigenvalue weighted by atomic mass is 10.2. The number of hydrogen-bond donors (Lipinski definition) is 2. The second kappa shape index (κ2) is 4.62.